The van der Waals surface area contributed by atoms with Gasteiger partial charge in [0.1, 0.15) is 5.65 Å². The zero-order valence-corrected chi connectivity index (χ0v) is 18.9. The lowest BCUT2D eigenvalue weighted by Crippen LogP contribution is -2.19. The summed E-state index contributed by atoms with van der Waals surface area (Å²) < 4.78 is 3.61. The largest absolute Gasteiger partial charge is 0.311 e. The van der Waals surface area contributed by atoms with E-state index in [0.29, 0.717) is 17.1 Å². The maximum Gasteiger partial charge on any atom is 0.261 e. The highest BCUT2D eigenvalue weighted by Crippen LogP contribution is 2.33. The van der Waals surface area contributed by atoms with E-state index in [1.165, 1.54) is 19.3 Å². The highest BCUT2D eigenvalue weighted by Gasteiger charge is 2.21. The van der Waals surface area contributed by atoms with E-state index >= 15 is 0 Å². The molecule has 0 unspecified atom stereocenters. The first-order chi connectivity index (χ1) is 16.1. The van der Waals surface area contributed by atoms with Crippen LogP contribution < -0.4 is 11.0 Å². The van der Waals surface area contributed by atoms with Crippen LogP contribution >= 0.6 is 0 Å². The zero-order valence-electron chi connectivity index (χ0n) is 18.9. The Morgan fingerprint density at radius 3 is 2.64 bits per heavy atom. The molecule has 1 saturated carbocycles. The number of nitrogens with one attached hydrogen (secondary N) is 2. The third-order valence-corrected chi connectivity index (χ3v) is 6.62. The van der Waals surface area contributed by atoms with Crippen molar-refractivity contribution in [1.82, 2.24) is 19.6 Å². The number of aromatic nitrogens is 3. The SMILES string of the molecule is CN/N=C(\N=N)c1cccc(-c2ccc3c(=O)n(C)c4cc(C5CCCCC5)nn4c3c2)c1. The molecule has 168 valence electrons. The van der Waals surface area contributed by atoms with E-state index in [1.807, 2.05) is 54.0 Å². The molecule has 8 nitrogen and oxygen atoms in total. The van der Waals surface area contributed by atoms with Crippen molar-refractivity contribution >= 4 is 22.4 Å². The fraction of sp³-hybridized carbons (Fsp3) is 0.320. The van der Waals surface area contributed by atoms with Gasteiger partial charge in [0.15, 0.2) is 5.84 Å². The summed E-state index contributed by atoms with van der Waals surface area (Å²) in [6.07, 6.45) is 6.09. The van der Waals surface area contributed by atoms with Gasteiger partial charge >= 0.3 is 0 Å². The molecule has 2 aromatic carbocycles. The number of hydrogen-bond donors (Lipinski definition) is 2. The summed E-state index contributed by atoms with van der Waals surface area (Å²) in [5.74, 6) is 0.766. The van der Waals surface area contributed by atoms with E-state index in [4.69, 9.17) is 10.6 Å². The molecular formula is C25H27N7O. The molecule has 33 heavy (non-hydrogen) atoms. The van der Waals surface area contributed by atoms with Crippen LogP contribution in [0.25, 0.3) is 27.7 Å². The molecule has 2 aromatic heterocycles. The van der Waals surface area contributed by atoms with Crippen LogP contribution in [-0.2, 0) is 7.05 Å². The molecule has 2 N–H and O–H groups in total. The van der Waals surface area contributed by atoms with Gasteiger partial charge in [-0.1, -0.05) is 43.5 Å². The fourth-order valence-corrected chi connectivity index (χ4v) is 4.85. The summed E-state index contributed by atoms with van der Waals surface area (Å²) in [6.45, 7) is 0. The van der Waals surface area contributed by atoms with Crippen LogP contribution in [0.1, 0.15) is 49.3 Å². The van der Waals surface area contributed by atoms with Gasteiger partial charge in [0, 0.05) is 31.6 Å². The van der Waals surface area contributed by atoms with Crippen molar-refractivity contribution in [2.45, 2.75) is 38.0 Å². The van der Waals surface area contributed by atoms with Crippen molar-refractivity contribution in [3.8, 4) is 11.1 Å². The molecule has 0 radical (unpaired) electrons. The van der Waals surface area contributed by atoms with E-state index in [1.54, 1.807) is 11.6 Å². The summed E-state index contributed by atoms with van der Waals surface area (Å²) in [6, 6.07) is 15.7. The van der Waals surface area contributed by atoms with E-state index < -0.39 is 0 Å². The minimum Gasteiger partial charge on any atom is -0.311 e. The predicted molar refractivity (Wildman–Crippen MR) is 130 cm³/mol. The van der Waals surface area contributed by atoms with Crippen molar-refractivity contribution < 1.29 is 0 Å². The summed E-state index contributed by atoms with van der Waals surface area (Å²) in [5.41, 5.74) is 15.4. The van der Waals surface area contributed by atoms with E-state index in [0.717, 1.165) is 46.4 Å². The second kappa shape index (κ2) is 8.61. The Morgan fingerprint density at radius 1 is 1.09 bits per heavy atom. The number of aryl methyl sites for hydroxylation is 1. The third kappa shape index (κ3) is 3.71. The highest BCUT2D eigenvalue weighted by atomic mass is 16.1. The van der Waals surface area contributed by atoms with Crippen molar-refractivity contribution in [3.05, 3.63) is 70.1 Å². The topological polar surface area (TPSA) is 99.9 Å². The lowest BCUT2D eigenvalue weighted by molar-refractivity contribution is 0.435. The lowest BCUT2D eigenvalue weighted by Gasteiger charge is -2.19. The Hall–Kier alpha value is -3.81. The quantitative estimate of drug-likeness (QED) is 0.206. The summed E-state index contributed by atoms with van der Waals surface area (Å²) in [5, 5.41) is 13.2. The first-order valence-corrected chi connectivity index (χ1v) is 11.4. The number of hydrogen-bond acceptors (Lipinski definition) is 5. The Bertz CT molecular complexity index is 1440. The lowest BCUT2D eigenvalue weighted by atomic mass is 9.87. The molecule has 5 rings (SSSR count). The number of nitrogens with zero attached hydrogens (tertiary/aromatic N) is 5. The molecule has 0 atom stereocenters. The average molecular weight is 442 g/mol. The van der Waals surface area contributed by atoms with E-state index in [2.05, 4.69) is 21.7 Å². The number of hydrazone groups is 1. The van der Waals surface area contributed by atoms with Gasteiger partial charge in [0.25, 0.3) is 5.56 Å². The predicted octanol–water partition coefficient (Wildman–Crippen LogP) is 4.81. The molecule has 0 spiro atoms. The molecule has 0 amide bonds. The Kier molecular flexibility index (Phi) is 5.50. The molecule has 1 aliphatic rings. The second-order valence-corrected chi connectivity index (χ2v) is 8.62. The van der Waals surface area contributed by atoms with Crippen LogP contribution in [0, 0.1) is 5.53 Å². The minimum atomic E-state index is -0.0238. The van der Waals surface area contributed by atoms with Crippen molar-refractivity contribution in [1.29, 1.82) is 5.53 Å². The number of rotatable bonds is 4. The van der Waals surface area contributed by atoms with E-state index in [-0.39, 0.29) is 5.56 Å². The molecule has 4 aromatic rings. The van der Waals surface area contributed by atoms with Crippen molar-refractivity contribution in [2.24, 2.45) is 17.3 Å². The molecule has 0 aliphatic heterocycles. The van der Waals surface area contributed by atoms with Gasteiger partial charge in [-0.2, -0.15) is 10.2 Å². The first kappa shape index (κ1) is 21.1. The summed E-state index contributed by atoms with van der Waals surface area (Å²) in [7, 11) is 3.49. The molecule has 1 aliphatic carbocycles. The summed E-state index contributed by atoms with van der Waals surface area (Å²) in [4.78, 5) is 13.1. The Morgan fingerprint density at radius 2 is 1.88 bits per heavy atom. The van der Waals surface area contributed by atoms with Gasteiger partial charge < -0.3 is 5.43 Å². The van der Waals surface area contributed by atoms with Crippen LogP contribution in [0.15, 0.2) is 63.5 Å². The van der Waals surface area contributed by atoms with Crippen LogP contribution in [-0.4, -0.2) is 27.1 Å². The van der Waals surface area contributed by atoms with Gasteiger partial charge in [-0.05, 0) is 42.2 Å². The number of benzene rings is 2. The third-order valence-electron chi connectivity index (χ3n) is 6.62. The number of fused-ring (bicyclic) bond motifs is 3. The monoisotopic (exact) mass is 441 g/mol. The van der Waals surface area contributed by atoms with Gasteiger partial charge in [0.05, 0.1) is 16.6 Å². The average Bonchev–Trinajstić information content (AvgIpc) is 3.32. The maximum atomic E-state index is 13.1. The Balaban J connectivity index is 1.67. The van der Waals surface area contributed by atoms with Crippen molar-refractivity contribution in [3.63, 3.8) is 0 Å². The van der Waals surface area contributed by atoms with Crippen LogP contribution in [0.2, 0.25) is 0 Å². The molecule has 0 bridgehead atoms. The first-order valence-electron chi connectivity index (χ1n) is 11.4. The summed E-state index contributed by atoms with van der Waals surface area (Å²) >= 11 is 0. The highest BCUT2D eigenvalue weighted by molar-refractivity contribution is 6.00. The van der Waals surface area contributed by atoms with E-state index in [9.17, 15) is 4.79 Å². The molecule has 8 heteroatoms. The van der Waals surface area contributed by atoms with Crippen molar-refractivity contribution in [2.75, 3.05) is 7.05 Å². The number of amidine groups is 1. The Labute approximate surface area is 191 Å². The molecular weight excluding hydrogens is 414 g/mol. The fourth-order valence-electron chi connectivity index (χ4n) is 4.85. The molecule has 0 saturated heterocycles. The molecule has 1 fully saturated rings. The van der Waals surface area contributed by atoms with Gasteiger partial charge in [-0.25, -0.2) is 10.0 Å². The van der Waals surface area contributed by atoms with Crippen LogP contribution in [0.3, 0.4) is 0 Å². The molecule has 2 heterocycles. The second-order valence-electron chi connectivity index (χ2n) is 8.62. The van der Waals surface area contributed by atoms with Crippen LogP contribution in [0.5, 0.6) is 0 Å². The maximum absolute atomic E-state index is 13.1. The minimum absolute atomic E-state index is 0.0238. The van der Waals surface area contributed by atoms with Gasteiger partial charge in [0.2, 0.25) is 0 Å². The smallest absolute Gasteiger partial charge is 0.261 e. The van der Waals surface area contributed by atoms with Gasteiger partial charge in [-0.3, -0.25) is 9.36 Å². The normalized spacial score (nSPS) is 15.3. The zero-order chi connectivity index (χ0) is 22.9. The van der Waals surface area contributed by atoms with Crippen LogP contribution in [0.4, 0.5) is 0 Å². The van der Waals surface area contributed by atoms with Gasteiger partial charge in [-0.15, -0.1) is 5.11 Å². The standard InChI is InChI=1S/C25H27N7O/c1-27-29-24(28-26)19-10-6-9-17(13-19)18-11-12-20-22(14-18)32-23(31(2)25(20)33)15-21(30-32)16-7-4-3-5-8-16/h6,9-16,26-27H,3-5,7-8H2,1-2H3/b28-26?,29-24-.